The maximum absolute atomic E-state index is 12.2. The summed E-state index contributed by atoms with van der Waals surface area (Å²) in [6.07, 6.45) is 5.20. The zero-order chi connectivity index (χ0) is 15.2. The van der Waals surface area contributed by atoms with E-state index in [9.17, 15) is 4.79 Å². The molecule has 0 spiro atoms. The van der Waals surface area contributed by atoms with E-state index in [-0.39, 0.29) is 5.56 Å². The second kappa shape index (κ2) is 7.94. The number of aromatic nitrogens is 2. The maximum atomic E-state index is 12.2. The van der Waals surface area contributed by atoms with Crippen LogP contribution in [0.5, 0.6) is 0 Å². The lowest BCUT2D eigenvalue weighted by molar-refractivity contribution is 0.0819. The predicted octanol–water partition coefficient (Wildman–Crippen LogP) is 2.28. The number of anilines is 1. The van der Waals surface area contributed by atoms with Gasteiger partial charge in [0.05, 0.1) is 18.0 Å². The first-order valence-corrected chi connectivity index (χ1v) is 8.71. The van der Waals surface area contributed by atoms with Gasteiger partial charge in [0.15, 0.2) is 0 Å². The summed E-state index contributed by atoms with van der Waals surface area (Å²) in [5.41, 5.74) is 0.915. The molecule has 0 bridgehead atoms. The van der Waals surface area contributed by atoms with Gasteiger partial charge in [-0.25, -0.2) is 4.68 Å². The van der Waals surface area contributed by atoms with Gasteiger partial charge in [-0.15, -0.1) is 0 Å². The van der Waals surface area contributed by atoms with Gasteiger partial charge < -0.3 is 9.64 Å². The summed E-state index contributed by atoms with van der Waals surface area (Å²) in [4.78, 5) is 14.4. The smallest absolute Gasteiger partial charge is 0.268 e. The number of ether oxygens (including phenoxy) is 1. The Balaban J connectivity index is 2.04. The molecule has 1 aromatic heterocycles. The molecule has 0 radical (unpaired) electrons. The van der Waals surface area contributed by atoms with Gasteiger partial charge in [0.1, 0.15) is 0 Å². The fraction of sp³-hybridized carbons (Fsp3) is 0.733. The van der Waals surface area contributed by atoms with Crippen molar-refractivity contribution in [1.82, 2.24) is 9.78 Å². The van der Waals surface area contributed by atoms with Gasteiger partial charge >= 0.3 is 0 Å². The van der Waals surface area contributed by atoms with E-state index in [2.05, 4.69) is 32.9 Å². The Kier molecular flexibility index (Phi) is 6.23. The van der Waals surface area contributed by atoms with Crippen molar-refractivity contribution >= 4 is 21.6 Å². The second-order valence-electron chi connectivity index (χ2n) is 5.58. The van der Waals surface area contributed by atoms with Crippen molar-refractivity contribution in [3.8, 4) is 0 Å². The van der Waals surface area contributed by atoms with Crippen molar-refractivity contribution in [3.05, 3.63) is 22.6 Å². The third-order valence-corrected chi connectivity index (χ3v) is 5.14. The minimum Gasteiger partial charge on any atom is -0.381 e. The van der Waals surface area contributed by atoms with Crippen LogP contribution in [0.3, 0.4) is 0 Å². The molecular weight excluding hydrogens is 334 g/mol. The van der Waals surface area contributed by atoms with Gasteiger partial charge in [0, 0.05) is 38.1 Å². The van der Waals surface area contributed by atoms with Gasteiger partial charge in [-0.05, 0) is 18.8 Å². The van der Waals surface area contributed by atoms with E-state index in [0.29, 0.717) is 18.6 Å². The van der Waals surface area contributed by atoms with Crippen LogP contribution >= 0.6 is 15.9 Å². The predicted molar refractivity (Wildman–Crippen MR) is 88.3 cm³/mol. The number of halogens is 1. The molecule has 118 valence electrons. The average Bonchev–Trinajstić information content (AvgIpc) is 2.54. The Hall–Kier alpha value is -0.880. The highest BCUT2D eigenvalue weighted by Crippen LogP contribution is 2.19. The van der Waals surface area contributed by atoms with E-state index in [1.165, 1.54) is 0 Å². The van der Waals surface area contributed by atoms with Crippen molar-refractivity contribution in [3.63, 3.8) is 0 Å². The lowest BCUT2D eigenvalue weighted by atomic mass is 10.1. The molecule has 1 saturated heterocycles. The van der Waals surface area contributed by atoms with Crippen LogP contribution in [0.1, 0.15) is 26.2 Å². The summed E-state index contributed by atoms with van der Waals surface area (Å²) >= 11 is 3.48. The number of rotatable bonds is 6. The summed E-state index contributed by atoms with van der Waals surface area (Å²) in [7, 11) is 1.76. The quantitative estimate of drug-likeness (QED) is 0.732. The van der Waals surface area contributed by atoms with E-state index in [4.69, 9.17) is 4.74 Å². The molecule has 0 amide bonds. The number of methoxy groups -OCH3 is 1. The number of alkyl halides is 1. The van der Waals surface area contributed by atoms with Crippen LogP contribution in [-0.4, -0.2) is 41.4 Å². The molecular formula is C15H24BrN3O2. The molecule has 0 aliphatic carbocycles. The molecule has 0 N–H and O–H groups in total. The monoisotopic (exact) mass is 357 g/mol. The molecule has 1 aromatic rings. The Morgan fingerprint density at radius 1 is 1.48 bits per heavy atom. The largest absolute Gasteiger partial charge is 0.381 e. The van der Waals surface area contributed by atoms with Crippen LogP contribution < -0.4 is 10.5 Å². The molecule has 2 rings (SSSR count). The lowest BCUT2D eigenvalue weighted by Crippen LogP contribution is -2.38. The van der Waals surface area contributed by atoms with Gasteiger partial charge in [-0.3, -0.25) is 4.79 Å². The first-order chi connectivity index (χ1) is 10.2. The number of hydrogen-bond acceptors (Lipinski definition) is 4. The van der Waals surface area contributed by atoms with Gasteiger partial charge in [0.2, 0.25) is 0 Å². The van der Waals surface area contributed by atoms with Crippen LogP contribution in [0.2, 0.25) is 0 Å². The second-order valence-corrected chi connectivity index (χ2v) is 6.23. The Bertz CT molecular complexity index is 494. The van der Waals surface area contributed by atoms with E-state index < -0.39 is 0 Å². The summed E-state index contributed by atoms with van der Waals surface area (Å²) in [6, 6.07) is 1.71. The van der Waals surface area contributed by atoms with E-state index in [0.717, 1.165) is 43.4 Å². The number of piperidine rings is 1. The molecule has 6 heteroatoms. The van der Waals surface area contributed by atoms with Crippen LogP contribution in [0, 0.1) is 5.92 Å². The van der Waals surface area contributed by atoms with E-state index in [1.54, 1.807) is 17.9 Å². The SMILES string of the molecule is CCC(CBr)Cn1ncc(N2CCC(OC)CC2)cc1=O. The number of nitrogens with zero attached hydrogens (tertiary/aromatic N) is 3. The lowest BCUT2D eigenvalue weighted by Gasteiger charge is -2.32. The van der Waals surface area contributed by atoms with Gasteiger partial charge in [0.25, 0.3) is 5.56 Å². The number of hydrogen-bond donors (Lipinski definition) is 0. The minimum atomic E-state index is -0.0132. The third kappa shape index (κ3) is 4.30. The van der Waals surface area contributed by atoms with Gasteiger partial charge in [-0.2, -0.15) is 5.10 Å². The first kappa shape index (κ1) is 16.5. The highest BCUT2D eigenvalue weighted by Gasteiger charge is 2.19. The summed E-state index contributed by atoms with van der Waals surface area (Å²) in [5, 5.41) is 5.23. The van der Waals surface area contributed by atoms with E-state index in [1.807, 2.05) is 6.20 Å². The Morgan fingerprint density at radius 2 is 2.19 bits per heavy atom. The first-order valence-electron chi connectivity index (χ1n) is 7.58. The highest BCUT2D eigenvalue weighted by molar-refractivity contribution is 9.09. The van der Waals surface area contributed by atoms with Crippen LogP contribution in [0.15, 0.2) is 17.1 Å². The third-order valence-electron chi connectivity index (χ3n) is 4.22. The zero-order valence-corrected chi connectivity index (χ0v) is 14.4. The van der Waals surface area contributed by atoms with E-state index >= 15 is 0 Å². The molecule has 1 aliphatic heterocycles. The summed E-state index contributed by atoms with van der Waals surface area (Å²) in [5.74, 6) is 0.443. The average molecular weight is 358 g/mol. The van der Waals surface area contributed by atoms with Crippen LogP contribution in [0.4, 0.5) is 5.69 Å². The molecule has 1 atom stereocenters. The highest BCUT2D eigenvalue weighted by atomic mass is 79.9. The molecule has 0 aromatic carbocycles. The van der Waals surface area contributed by atoms with Crippen molar-refractivity contribution in [2.75, 3.05) is 30.4 Å². The fourth-order valence-corrected chi connectivity index (χ4v) is 3.28. The molecule has 0 saturated carbocycles. The zero-order valence-electron chi connectivity index (χ0n) is 12.8. The van der Waals surface area contributed by atoms with Crippen molar-refractivity contribution in [2.24, 2.45) is 5.92 Å². The fourth-order valence-electron chi connectivity index (χ4n) is 2.62. The minimum absolute atomic E-state index is 0.0132. The molecule has 21 heavy (non-hydrogen) atoms. The Labute approximate surface area is 134 Å². The van der Waals surface area contributed by atoms with Crippen LogP contribution in [-0.2, 0) is 11.3 Å². The molecule has 1 unspecified atom stereocenters. The Morgan fingerprint density at radius 3 is 2.71 bits per heavy atom. The standard InChI is InChI=1S/C15H24BrN3O2/c1-3-12(9-16)11-19-15(20)8-13(10-17-19)18-6-4-14(21-2)5-7-18/h8,10,12,14H,3-7,9,11H2,1-2H3. The van der Waals surface area contributed by atoms with Crippen LogP contribution in [0.25, 0.3) is 0 Å². The molecule has 2 heterocycles. The molecule has 5 nitrogen and oxygen atoms in total. The van der Waals surface area contributed by atoms with Crippen molar-refractivity contribution < 1.29 is 4.74 Å². The topological polar surface area (TPSA) is 47.4 Å². The molecule has 1 fully saturated rings. The van der Waals surface area contributed by atoms with Gasteiger partial charge in [-0.1, -0.05) is 29.3 Å². The maximum Gasteiger partial charge on any atom is 0.268 e. The van der Waals surface area contributed by atoms with Crippen molar-refractivity contribution in [2.45, 2.75) is 38.8 Å². The molecule has 1 aliphatic rings. The van der Waals surface area contributed by atoms with Crippen molar-refractivity contribution in [1.29, 1.82) is 0 Å². The summed E-state index contributed by atoms with van der Waals surface area (Å²) < 4.78 is 6.94. The summed E-state index contributed by atoms with van der Waals surface area (Å²) in [6.45, 7) is 4.64. The normalized spacial score (nSPS) is 18.0.